The van der Waals surface area contributed by atoms with E-state index in [2.05, 4.69) is 25.3 Å². The summed E-state index contributed by atoms with van der Waals surface area (Å²) in [6, 6.07) is 10.2. The molecule has 0 heterocycles. The van der Waals surface area contributed by atoms with E-state index in [0.717, 1.165) is 31.1 Å². The molecule has 42 heavy (non-hydrogen) atoms. The Kier molecular flexibility index (Phi) is 11.9. The third-order valence-electron chi connectivity index (χ3n) is 9.10. The highest BCUT2D eigenvalue weighted by Gasteiger charge is 2.27. The Bertz CT molecular complexity index is 1330. The topological polar surface area (TPSA) is 0 Å². The molecule has 2 aromatic rings. The first kappa shape index (κ1) is 31.6. The van der Waals surface area contributed by atoms with Crippen LogP contribution in [0.5, 0.6) is 0 Å². The fourth-order valence-corrected chi connectivity index (χ4v) is 6.49. The van der Waals surface area contributed by atoms with Crippen molar-refractivity contribution in [2.45, 2.75) is 77.6 Å². The van der Waals surface area contributed by atoms with E-state index in [4.69, 9.17) is 0 Å². The average Bonchev–Trinajstić information content (AvgIpc) is 3.03. The van der Waals surface area contributed by atoms with E-state index in [1.807, 2.05) is 19.1 Å². The van der Waals surface area contributed by atoms with E-state index < -0.39 is 11.6 Å². The summed E-state index contributed by atoms with van der Waals surface area (Å²) < 4.78 is 45.2. The molecule has 2 aliphatic carbocycles. The van der Waals surface area contributed by atoms with Crippen LogP contribution in [0.2, 0.25) is 0 Å². The predicted octanol–water partition coefficient (Wildman–Crippen LogP) is 12.1. The molecular weight excluding hydrogens is 525 g/mol. The zero-order valence-electron chi connectivity index (χ0n) is 25.1. The van der Waals surface area contributed by atoms with Crippen LogP contribution >= 0.6 is 0 Å². The van der Waals surface area contributed by atoms with Crippen molar-refractivity contribution in [1.82, 2.24) is 0 Å². The molecule has 0 bridgehead atoms. The van der Waals surface area contributed by atoms with Crippen LogP contribution in [0.1, 0.15) is 82.3 Å². The van der Waals surface area contributed by atoms with Gasteiger partial charge in [0, 0.05) is 11.1 Å². The van der Waals surface area contributed by atoms with Crippen molar-refractivity contribution >= 4 is 5.57 Å². The highest BCUT2D eigenvalue weighted by atomic mass is 19.2. The van der Waals surface area contributed by atoms with E-state index in [0.29, 0.717) is 47.4 Å². The quantitative estimate of drug-likeness (QED) is 0.176. The van der Waals surface area contributed by atoms with Gasteiger partial charge < -0.3 is 0 Å². The molecule has 2 aliphatic rings. The summed E-state index contributed by atoms with van der Waals surface area (Å²) >= 11 is 0. The first-order valence-electron chi connectivity index (χ1n) is 15.7. The SMILES string of the molecule is C=C/C=C(\C(F)=C/CC1=CCC(C2CCC(C=C)CC2)CC1)c1ccc(-c2ccc(CC/C=C/CC)c(F)c2F)cc1. The lowest BCUT2D eigenvalue weighted by molar-refractivity contribution is 0.209. The van der Waals surface area contributed by atoms with Crippen molar-refractivity contribution in [2.24, 2.45) is 17.8 Å². The third-order valence-corrected chi connectivity index (χ3v) is 9.10. The number of allylic oxidation sites excluding steroid dienone is 10. The molecule has 0 saturated heterocycles. The predicted molar refractivity (Wildman–Crippen MR) is 173 cm³/mol. The fraction of sp³-hybridized carbons (Fsp3) is 0.385. The number of hydrogen-bond donors (Lipinski definition) is 0. The van der Waals surface area contributed by atoms with E-state index in [9.17, 15) is 8.78 Å². The van der Waals surface area contributed by atoms with Gasteiger partial charge in [-0.15, -0.1) is 6.58 Å². The zero-order valence-corrected chi connectivity index (χ0v) is 25.1. The van der Waals surface area contributed by atoms with Gasteiger partial charge in [0.1, 0.15) is 5.83 Å². The van der Waals surface area contributed by atoms with Gasteiger partial charge in [0.2, 0.25) is 0 Å². The maximum atomic E-state index is 15.5. The molecule has 1 fully saturated rings. The number of halogens is 3. The van der Waals surface area contributed by atoms with Crippen molar-refractivity contribution in [3.63, 3.8) is 0 Å². The Morgan fingerprint density at radius 1 is 0.905 bits per heavy atom. The largest absolute Gasteiger partial charge is 0.207 e. The zero-order chi connectivity index (χ0) is 29.9. The number of benzene rings is 2. The summed E-state index contributed by atoms with van der Waals surface area (Å²) in [6.07, 6.45) is 24.5. The molecule has 3 heteroatoms. The monoisotopic (exact) mass is 570 g/mol. The van der Waals surface area contributed by atoms with Gasteiger partial charge in [-0.05, 0) is 111 Å². The summed E-state index contributed by atoms with van der Waals surface area (Å²) in [6.45, 7) is 9.77. The molecular formula is C39H45F3. The molecule has 0 nitrogen and oxygen atoms in total. The molecule has 0 aromatic heterocycles. The molecule has 0 amide bonds. The van der Waals surface area contributed by atoms with E-state index in [-0.39, 0.29) is 11.4 Å². The second kappa shape index (κ2) is 15.8. The van der Waals surface area contributed by atoms with Gasteiger partial charge in [-0.25, -0.2) is 13.2 Å². The molecule has 0 radical (unpaired) electrons. The van der Waals surface area contributed by atoms with Crippen molar-refractivity contribution in [2.75, 3.05) is 0 Å². The van der Waals surface area contributed by atoms with Crippen molar-refractivity contribution in [3.8, 4) is 11.1 Å². The van der Waals surface area contributed by atoms with Crippen LogP contribution in [0.25, 0.3) is 16.7 Å². The first-order chi connectivity index (χ1) is 20.4. The van der Waals surface area contributed by atoms with Crippen LogP contribution < -0.4 is 0 Å². The van der Waals surface area contributed by atoms with Crippen LogP contribution in [-0.2, 0) is 6.42 Å². The second-order valence-electron chi connectivity index (χ2n) is 11.8. The molecule has 0 N–H and O–H groups in total. The maximum Gasteiger partial charge on any atom is 0.166 e. The minimum Gasteiger partial charge on any atom is -0.207 e. The Morgan fingerprint density at radius 3 is 2.31 bits per heavy atom. The summed E-state index contributed by atoms with van der Waals surface area (Å²) in [5.74, 6) is 0.308. The molecule has 2 aromatic carbocycles. The van der Waals surface area contributed by atoms with Crippen LogP contribution in [-0.4, -0.2) is 0 Å². The molecule has 1 atom stereocenters. The lowest BCUT2D eigenvalue weighted by Crippen LogP contribution is -2.22. The van der Waals surface area contributed by atoms with Crippen LogP contribution in [0, 0.1) is 29.4 Å². The summed E-state index contributed by atoms with van der Waals surface area (Å²) in [5.41, 5.74) is 3.53. The minimum atomic E-state index is -0.847. The van der Waals surface area contributed by atoms with Gasteiger partial charge in [-0.1, -0.05) is 91.9 Å². The number of hydrogen-bond acceptors (Lipinski definition) is 0. The van der Waals surface area contributed by atoms with E-state index in [1.54, 1.807) is 54.6 Å². The molecule has 1 saturated carbocycles. The third kappa shape index (κ3) is 8.15. The normalized spacial score (nSPS) is 21.8. The Balaban J connectivity index is 1.40. The summed E-state index contributed by atoms with van der Waals surface area (Å²) in [4.78, 5) is 0. The Hall–Kier alpha value is -3.33. The fourth-order valence-electron chi connectivity index (χ4n) is 6.49. The van der Waals surface area contributed by atoms with Gasteiger partial charge in [-0.3, -0.25) is 0 Å². The highest BCUT2D eigenvalue weighted by Crippen LogP contribution is 2.40. The van der Waals surface area contributed by atoms with Gasteiger partial charge in [0.25, 0.3) is 0 Å². The number of rotatable bonds is 12. The minimum absolute atomic E-state index is 0.202. The van der Waals surface area contributed by atoms with Gasteiger partial charge >= 0.3 is 0 Å². The first-order valence-corrected chi connectivity index (χ1v) is 15.7. The second-order valence-corrected chi connectivity index (χ2v) is 11.8. The Morgan fingerprint density at radius 2 is 1.67 bits per heavy atom. The highest BCUT2D eigenvalue weighted by molar-refractivity contribution is 5.79. The maximum absolute atomic E-state index is 15.5. The van der Waals surface area contributed by atoms with E-state index in [1.165, 1.54) is 37.7 Å². The molecule has 0 spiro atoms. The van der Waals surface area contributed by atoms with Crippen molar-refractivity contribution in [1.29, 1.82) is 0 Å². The van der Waals surface area contributed by atoms with Gasteiger partial charge in [-0.2, -0.15) is 0 Å². The standard InChI is InChI=1S/C39H45F3/c1-4-7-8-9-11-34-25-26-36(39(42)38(34)41)33-23-21-32(22-24-33)35(10-5-2)37(40)27-16-29-14-19-31(20-15-29)30-17-12-28(6-3)13-18-30/h5-8,10,14,21-28,30-31H,2-4,9,11-13,15-20H2,1H3/b8-7+,35-10-,37-27+. The number of aryl methyl sites for hydroxylation is 1. The van der Waals surface area contributed by atoms with Gasteiger partial charge in [0.15, 0.2) is 11.6 Å². The average molecular weight is 571 g/mol. The van der Waals surface area contributed by atoms with Crippen LogP contribution in [0.3, 0.4) is 0 Å². The molecule has 0 aliphatic heterocycles. The lowest BCUT2D eigenvalue weighted by atomic mass is 9.71. The van der Waals surface area contributed by atoms with E-state index >= 15 is 4.39 Å². The smallest absolute Gasteiger partial charge is 0.166 e. The molecule has 222 valence electrons. The summed E-state index contributed by atoms with van der Waals surface area (Å²) in [5, 5.41) is 0. The van der Waals surface area contributed by atoms with Gasteiger partial charge in [0.05, 0.1) is 0 Å². The van der Waals surface area contributed by atoms with Crippen LogP contribution in [0.4, 0.5) is 13.2 Å². The van der Waals surface area contributed by atoms with Crippen molar-refractivity contribution < 1.29 is 13.2 Å². The van der Waals surface area contributed by atoms with Crippen molar-refractivity contribution in [3.05, 3.63) is 126 Å². The molecule has 1 unspecified atom stereocenters. The Labute approximate surface area is 251 Å². The van der Waals surface area contributed by atoms with Crippen LogP contribution in [0.15, 0.2) is 103 Å². The summed E-state index contributed by atoms with van der Waals surface area (Å²) in [7, 11) is 0. The lowest BCUT2D eigenvalue weighted by Gasteiger charge is -2.34. The molecule has 4 rings (SSSR count).